The first kappa shape index (κ1) is 16.0. The number of hydrogen-bond donors (Lipinski definition) is 1. The number of carbonyl (C=O) groups excluding carboxylic acids is 3. The van der Waals surface area contributed by atoms with Gasteiger partial charge in [0.25, 0.3) is 5.91 Å². The number of hydrogen-bond acceptors (Lipinski definition) is 4. The highest BCUT2D eigenvalue weighted by Crippen LogP contribution is 2.29. The van der Waals surface area contributed by atoms with E-state index in [1.165, 1.54) is 12.7 Å². The van der Waals surface area contributed by atoms with Crippen molar-refractivity contribution in [2.24, 2.45) is 0 Å². The number of carbonyl (C=O) groups is 3. The molecule has 1 atom stereocenters. The van der Waals surface area contributed by atoms with Crippen molar-refractivity contribution in [2.75, 3.05) is 13.7 Å². The first-order chi connectivity index (χ1) is 10.4. The Morgan fingerprint density at radius 2 is 1.91 bits per heavy atom. The predicted octanol–water partition coefficient (Wildman–Crippen LogP) is 1.58. The highest BCUT2D eigenvalue weighted by atomic mass is 16.5. The first-order valence-electron chi connectivity index (χ1n) is 7.22. The zero-order chi connectivity index (χ0) is 16.3. The molecule has 118 valence electrons. The topological polar surface area (TPSA) is 75.7 Å². The highest BCUT2D eigenvalue weighted by Gasteiger charge is 2.49. The van der Waals surface area contributed by atoms with Gasteiger partial charge in [-0.1, -0.05) is 37.6 Å². The Balaban J connectivity index is 2.24. The van der Waals surface area contributed by atoms with E-state index < -0.39 is 23.4 Å². The number of amides is 3. The largest absolute Gasteiger partial charge is 0.468 e. The van der Waals surface area contributed by atoms with Crippen LogP contribution in [0.2, 0.25) is 0 Å². The van der Waals surface area contributed by atoms with E-state index in [1.54, 1.807) is 6.92 Å². The number of nitrogens with zero attached hydrogens (tertiary/aromatic N) is 1. The third-order valence-corrected chi connectivity index (χ3v) is 3.86. The SMILES string of the molecule is CCCc1ccc([C@]2(C)NC(=O)N(CC(=O)OC)C2=O)cc1. The van der Waals surface area contributed by atoms with Crippen LogP contribution in [0, 0.1) is 0 Å². The third-order valence-electron chi connectivity index (χ3n) is 3.86. The Labute approximate surface area is 129 Å². The van der Waals surface area contributed by atoms with E-state index in [2.05, 4.69) is 17.0 Å². The Hall–Kier alpha value is -2.37. The van der Waals surface area contributed by atoms with Crippen molar-refractivity contribution in [1.29, 1.82) is 0 Å². The van der Waals surface area contributed by atoms with Crippen LogP contribution in [0.1, 0.15) is 31.4 Å². The summed E-state index contributed by atoms with van der Waals surface area (Å²) in [4.78, 5) is 36.7. The van der Waals surface area contributed by atoms with E-state index >= 15 is 0 Å². The summed E-state index contributed by atoms with van der Waals surface area (Å²) in [6.45, 7) is 3.35. The Bertz CT molecular complexity index is 597. The summed E-state index contributed by atoms with van der Waals surface area (Å²) in [5, 5.41) is 2.66. The molecule has 0 aliphatic carbocycles. The van der Waals surface area contributed by atoms with Crippen molar-refractivity contribution in [3.8, 4) is 0 Å². The molecule has 1 aromatic rings. The zero-order valence-corrected chi connectivity index (χ0v) is 13.0. The van der Waals surface area contributed by atoms with Gasteiger partial charge >= 0.3 is 12.0 Å². The molecule has 0 bridgehead atoms. The average Bonchev–Trinajstić information content (AvgIpc) is 2.72. The molecule has 1 aliphatic rings. The van der Waals surface area contributed by atoms with E-state index in [0.717, 1.165) is 17.7 Å². The van der Waals surface area contributed by atoms with Gasteiger partial charge in [0, 0.05) is 0 Å². The second kappa shape index (κ2) is 6.17. The molecule has 1 fully saturated rings. The van der Waals surface area contributed by atoms with Crippen molar-refractivity contribution >= 4 is 17.9 Å². The number of esters is 1. The summed E-state index contributed by atoms with van der Waals surface area (Å²) in [5.41, 5.74) is 0.715. The number of rotatable bonds is 5. The molecule has 0 radical (unpaired) electrons. The second-order valence-corrected chi connectivity index (χ2v) is 5.47. The van der Waals surface area contributed by atoms with Gasteiger partial charge in [-0.05, 0) is 24.5 Å². The summed E-state index contributed by atoms with van der Waals surface area (Å²) in [6, 6.07) is 6.99. The van der Waals surface area contributed by atoms with Gasteiger partial charge in [0.05, 0.1) is 7.11 Å². The maximum Gasteiger partial charge on any atom is 0.325 e. The maximum atomic E-state index is 12.5. The van der Waals surface area contributed by atoms with Crippen LogP contribution in [-0.2, 0) is 26.3 Å². The van der Waals surface area contributed by atoms with E-state index in [9.17, 15) is 14.4 Å². The van der Waals surface area contributed by atoms with Crippen LogP contribution >= 0.6 is 0 Å². The van der Waals surface area contributed by atoms with Gasteiger partial charge in [-0.15, -0.1) is 0 Å². The van der Waals surface area contributed by atoms with Crippen molar-refractivity contribution < 1.29 is 19.1 Å². The molecular weight excluding hydrogens is 284 g/mol. The predicted molar refractivity (Wildman–Crippen MR) is 80.0 cm³/mol. The molecular formula is C16H20N2O4. The quantitative estimate of drug-likeness (QED) is 0.662. The number of ether oxygens (including phenoxy) is 1. The summed E-state index contributed by atoms with van der Waals surface area (Å²) in [7, 11) is 1.21. The van der Waals surface area contributed by atoms with Gasteiger partial charge in [0.1, 0.15) is 12.1 Å². The molecule has 1 aromatic carbocycles. The lowest BCUT2D eigenvalue weighted by atomic mass is 9.91. The molecule has 0 saturated carbocycles. The number of benzene rings is 1. The van der Waals surface area contributed by atoms with Crippen molar-refractivity contribution in [2.45, 2.75) is 32.2 Å². The third kappa shape index (κ3) is 2.81. The number of urea groups is 1. The number of aryl methyl sites for hydroxylation is 1. The molecule has 0 spiro atoms. The fourth-order valence-electron chi connectivity index (χ4n) is 2.52. The van der Waals surface area contributed by atoms with Gasteiger partial charge in [0.15, 0.2) is 0 Å². The highest BCUT2D eigenvalue weighted by molar-refractivity contribution is 6.08. The molecule has 0 unspecified atom stereocenters. The molecule has 3 amide bonds. The lowest BCUT2D eigenvalue weighted by molar-refractivity contribution is -0.145. The van der Waals surface area contributed by atoms with Crippen molar-refractivity contribution in [1.82, 2.24) is 10.2 Å². The van der Waals surface area contributed by atoms with Crippen LogP contribution in [0.3, 0.4) is 0 Å². The minimum Gasteiger partial charge on any atom is -0.468 e. The normalized spacial score (nSPS) is 21.0. The molecule has 6 heteroatoms. The van der Waals surface area contributed by atoms with Crippen LogP contribution in [0.4, 0.5) is 4.79 Å². The maximum absolute atomic E-state index is 12.5. The Morgan fingerprint density at radius 3 is 2.45 bits per heavy atom. The van der Waals surface area contributed by atoms with Crippen LogP contribution in [-0.4, -0.2) is 36.5 Å². The zero-order valence-electron chi connectivity index (χ0n) is 13.0. The molecule has 1 saturated heterocycles. The van der Waals surface area contributed by atoms with Crippen molar-refractivity contribution in [3.05, 3.63) is 35.4 Å². The van der Waals surface area contributed by atoms with Crippen LogP contribution < -0.4 is 5.32 Å². The Morgan fingerprint density at radius 1 is 1.27 bits per heavy atom. The van der Waals surface area contributed by atoms with Crippen molar-refractivity contribution in [3.63, 3.8) is 0 Å². The fourth-order valence-corrected chi connectivity index (χ4v) is 2.52. The van der Waals surface area contributed by atoms with Gasteiger partial charge in [-0.3, -0.25) is 14.5 Å². The van der Waals surface area contributed by atoms with Crippen LogP contribution in [0.15, 0.2) is 24.3 Å². The van der Waals surface area contributed by atoms with Gasteiger partial charge in [0.2, 0.25) is 0 Å². The summed E-state index contributed by atoms with van der Waals surface area (Å²) < 4.78 is 4.51. The standard InChI is InChI=1S/C16H20N2O4/c1-4-5-11-6-8-12(9-7-11)16(2)14(20)18(15(21)17-16)10-13(19)22-3/h6-9H,4-5,10H2,1-3H3,(H,17,21)/t16-/m0/s1. The number of nitrogens with one attached hydrogen (secondary N) is 1. The van der Waals surface area contributed by atoms with Crippen LogP contribution in [0.25, 0.3) is 0 Å². The lowest BCUT2D eigenvalue weighted by Gasteiger charge is -2.22. The van der Waals surface area contributed by atoms with E-state index in [-0.39, 0.29) is 6.54 Å². The smallest absolute Gasteiger partial charge is 0.325 e. The fraction of sp³-hybridized carbons (Fsp3) is 0.438. The van der Waals surface area contributed by atoms with E-state index in [0.29, 0.717) is 5.56 Å². The summed E-state index contributed by atoms with van der Waals surface area (Å²) >= 11 is 0. The van der Waals surface area contributed by atoms with E-state index in [4.69, 9.17) is 0 Å². The molecule has 1 N–H and O–H groups in total. The number of methoxy groups -OCH3 is 1. The molecule has 22 heavy (non-hydrogen) atoms. The monoisotopic (exact) mass is 304 g/mol. The van der Waals surface area contributed by atoms with E-state index in [1.807, 2.05) is 24.3 Å². The summed E-state index contributed by atoms with van der Waals surface area (Å²) in [6.07, 6.45) is 2.00. The number of imide groups is 1. The van der Waals surface area contributed by atoms with Gasteiger partial charge in [-0.25, -0.2) is 4.79 Å². The lowest BCUT2D eigenvalue weighted by Crippen LogP contribution is -2.41. The molecule has 6 nitrogen and oxygen atoms in total. The molecule has 2 rings (SSSR count). The average molecular weight is 304 g/mol. The minimum atomic E-state index is -1.16. The van der Waals surface area contributed by atoms with Gasteiger partial charge < -0.3 is 10.1 Å². The molecule has 1 heterocycles. The Kier molecular flexibility index (Phi) is 4.49. The van der Waals surface area contributed by atoms with Crippen LogP contribution in [0.5, 0.6) is 0 Å². The molecule has 1 aliphatic heterocycles. The van der Waals surface area contributed by atoms with Gasteiger partial charge in [-0.2, -0.15) is 0 Å². The minimum absolute atomic E-state index is 0.384. The second-order valence-electron chi connectivity index (χ2n) is 5.47. The molecule has 0 aromatic heterocycles. The summed E-state index contributed by atoms with van der Waals surface area (Å²) in [5.74, 6) is -1.09. The first-order valence-corrected chi connectivity index (χ1v) is 7.22.